The molecule has 1 aromatic heterocycles. The zero-order chi connectivity index (χ0) is 26.0. The SMILES string of the molecule is CN=C(NCCN1CCC(Cc2nc3ccccc3n2Cc2ccc(F)cc2)CC1)NCC(OC)OC. The molecule has 2 N–H and O–H groups in total. The van der Waals surface area contributed by atoms with Crippen LogP contribution in [0.3, 0.4) is 0 Å². The van der Waals surface area contributed by atoms with Crippen LogP contribution in [0.2, 0.25) is 0 Å². The summed E-state index contributed by atoms with van der Waals surface area (Å²) in [6, 6.07) is 15.1. The van der Waals surface area contributed by atoms with Gasteiger partial charge in [0.25, 0.3) is 0 Å². The fraction of sp³-hybridized carbons (Fsp3) is 0.500. The standard InChI is InChI=1S/C28H39FN6O2/c1-30-28(32-19-27(36-2)37-3)31-14-17-34-15-12-21(13-16-34)18-26-33-24-6-4-5-7-25(24)35(26)20-22-8-10-23(29)11-9-22/h4-11,21,27H,12-20H2,1-3H3,(H2,30,31,32). The lowest BCUT2D eigenvalue weighted by Gasteiger charge is -2.32. The van der Waals surface area contributed by atoms with Gasteiger partial charge in [0.1, 0.15) is 11.6 Å². The Bertz CT molecular complexity index is 1140. The molecule has 200 valence electrons. The molecule has 0 atom stereocenters. The first kappa shape index (κ1) is 27.0. The highest BCUT2D eigenvalue weighted by Gasteiger charge is 2.22. The molecule has 2 aromatic carbocycles. The van der Waals surface area contributed by atoms with Crippen molar-refractivity contribution in [1.29, 1.82) is 0 Å². The van der Waals surface area contributed by atoms with Crippen LogP contribution < -0.4 is 10.6 Å². The molecule has 9 heteroatoms. The average Bonchev–Trinajstić information content (AvgIpc) is 3.27. The quantitative estimate of drug-likeness (QED) is 0.234. The fourth-order valence-corrected chi connectivity index (χ4v) is 4.90. The van der Waals surface area contributed by atoms with Gasteiger partial charge in [-0.25, -0.2) is 9.37 Å². The number of fused-ring (bicyclic) bond motifs is 1. The molecule has 0 aliphatic carbocycles. The number of aliphatic imine (C=N–C) groups is 1. The summed E-state index contributed by atoms with van der Waals surface area (Å²) in [4.78, 5) is 11.8. The minimum absolute atomic E-state index is 0.207. The first-order valence-electron chi connectivity index (χ1n) is 13.0. The first-order valence-corrected chi connectivity index (χ1v) is 13.0. The highest BCUT2D eigenvalue weighted by Crippen LogP contribution is 2.25. The predicted octanol–water partition coefficient (Wildman–Crippen LogP) is 3.26. The molecule has 0 bridgehead atoms. The highest BCUT2D eigenvalue weighted by molar-refractivity contribution is 5.79. The number of likely N-dealkylation sites (tertiary alicyclic amines) is 1. The number of hydrogen-bond acceptors (Lipinski definition) is 5. The molecule has 1 fully saturated rings. The summed E-state index contributed by atoms with van der Waals surface area (Å²) in [5, 5.41) is 6.59. The van der Waals surface area contributed by atoms with Crippen LogP contribution in [0.4, 0.5) is 4.39 Å². The van der Waals surface area contributed by atoms with Gasteiger partial charge in [0.2, 0.25) is 0 Å². The van der Waals surface area contributed by atoms with Crippen molar-refractivity contribution in [2.45, 2.75) is 32.1 Å². The normalized spacial score (nSPS) is 15.5. The Hall–Kier alpha value is -3.01. The summed E-state index contributed by atoms with van der Waals surface area (Å²) in [7, 11) is 5.01. The van der Waals surface area contributed by atoms with Crippen LogP contribution in [0.5, 0.6) is 0 Å². The molecule has 37 heavy (non-hydrogen) atoms. The van der Waals surface area contributed by atoms with Gasteiger partial charge in [0.15, 0.2) is 12.2 Å². The van der Waals surface area contributed by atoms with Crippen molar-refractivity contribution in [2.75, 3.05) is 54.0 Å². The number of rotatable bonds is 11. The van der Waals surface area contributed by atoms with E-state index in [0.29, 0.717) is 19.0 Å². The van der Waals surface area contributed by atoms with Gasteiger partial charge in [-0.05, 0) is 61.7 Å². The van der Waals surface area contributed by atoms with Crippen molar-refractivity contribution in [3.63, 3.8) is 0 Å². The number of hydrogen-bond donors (Lipinski definition) is 2. The van der Waals surface area contributed by atoms with Gasteiger partial charge in [-0.2, -0.15) is 0 Å². The van der Waals surface area contributed by atoms with Crippen molar-refractivity contribution in [1.82, 2.24) is 25.1 Å². The molecule has 2 heterocycles. The second kappa shape index (κ2) is 13.5. The maximum Gasteiger partial charge on any atom is 0.191 e. The molecule has 1 saturated heterocycles. The topological polar surface area (TPSA) is 75.9 Å². The number of imidazole rings is 1. The molecule has 1 aliphatic rings. The van der Waals surface area contributed by atoms with Gasteiger partial charge in [-0.1, -0.05) is 24.3 Å². The number of methoxy groups -OCH3 is 2. The molecular formula is C28H39FN6O2. The summed E-state index contributed by atoms with van der Waals surface area (Å²) in [5.74, 6) is 2.25. The zero-order valence-electron chi connectivity index (χ0n) is 22.1. The van der Waals surface area contributed by atoms with Gasteiger partial charge < -0.3 is 29.6 Å². The summed E-state index contributed by atoms with van der Waals surface area (Å²) in [6.45, 7) is 5.17. The van der Waals surface area contributed by atoms with Gasteiger partial charge in [0, 0.05) is 47.3 Å². The molecule has 4 rings (SSSR count). The van der Waals surface area contributed by atoms with Crippen LogP contribution in [0.1, 0.15) is 24.2 Å². The number of halogens is 1. The second-order valence-corrected chi connectivity index (χ2v) is 9.50. The van der Waals surface area contributed by atoms with E-state index in [1.165, 1.54) is 12.1 Å². The van der Waals surface area contributed by atoms with Crippen molar-refractivity contribution in [3.05, 3.63) is 65.7 Å². The molecule has 0 radical (unpaired) electrons. The summed E-state index contributed by atoms with van der Waals surface area (Å²) < 4.78 is 26.1. The molecule has 0 unspecified atom stereocenters. The monoisotopic (exact) mass is 510 g/mol. The number of para-hydroxylation sites is 2. The van der Waals surface area contributed by atoms with E-state index in [1.807, 2.05) is 18.2 Å². The summed E-state index contributed by atoms with van der Waals surface area (Å²) >= 11 is 0. The Morgan fingerprint density at radius 3 is 2.51 bits per heavy atom. The summed E-state index contributed by atoms with van der Waals surface area (Å²) in [5.41, 5.74) is 3.24. The minimum Gasteiger partial charge on any atom is -0.355 e. The number of guanidine groups is 1. The molecule has 1 aliphatic heterocycles. The summed E-state index contributed by atoms with van der Waals surface area (Å²) in [6.07, 6.45) is 2.95. The van der Waals surface area contributed by atoms with Crippen molar-refractivity contribution in [3.8, 4) is 0 Å². The lowest BCUT2D eigenvalue weighted by molar-refractivity contribution is -0.0966. The van der Waals surface area contributed by atoms with Gasteiger partial charge in [-0.15, -0.1) is 0 Å². The maximum absolute atomic E-state index is 13.4. The smallest absolute Gasteiger partial charge is 0.191 e. The number of nitrogens with one attached hydrogen (secondary N) is 2. The van der Waals surface area contributed by atoms with E-state index in [1.54, 1.807) is 21.3 Å². The number of piperidine rings is 1. The van der Waals surface area contributed by atoms with Crippen molar-refractivity contribution >= 4 is 17.0 Å². The number of aromatic nitrogens is 2. The minimum atomic E-state index is -0.304. The first-order chi connectivity index (χ1) is 18.1. The van der Waals surface area contributed by atoms with E-state index in [2.05, 4.69) is 43.3 Å². The third kappa shape index (κ3) is 7.50. The Labute approximate surface area is 218 Å². The van der Waals surface area contributed by atoms with Crippen molar-refractivity contribution in [2.24, 2.45) is 10.9 Å². The Morgan fingerprint density at radius 2 is 1.81 bits per heavy atom. The van der Waals surface area contributed by atoms with Crippen LogP contribution in [0.25, 0.3) is 11.0 Å². The fourth-order valence-electron chi connectivity index (χ4n) is 4.90. The maximum atomic E-state index is 13.4. The largest absolute Gasteiger partial charge is 0.355 e. The van der Waals surface area contributed by atoms with Crippen LogP contribution >= 0.6 is 0 Å². The zero-order valence-corrected chi connectivity index (χ0v) is 22.1. The molecule has 0 spiro atoms. The Morgan fingerprint density at radius 1 is 1.08 bits per heavy atom. The lowest BCUT2D eigenvalue weighted by Crippen LogP contribution is -2.45. The molecule has 3 aromatic rings. The number of nitrogens with zero attached hydrogens (tertiary/aromatic N) is 4. The van der Waals surface area contributed by atoms with E-state index < -0.39 is 0 Å². The highest BCUT2D eigenvalue weighted by atomic mass is 19.1. The molecule has 0 saturated carbocycles. The van der Waals surface area contributed by atoms with E-state index in [4.69, 9.17) is 14.5 Å². The average molecular weight is 511 g/mol. The van der Waals surface area contributed by atoms with Crippen LogP contribution in [0, 0.1) is 11.7 Å². The van der Waals surface area contributed by atoms with Gasteiger partial charge >= 0.3 is 0 Å². The van der Waals surface area contributed by atoms with E-state index in [-0.39, 0.29) is 12.1 Å². The third-order valence-corrected chi connectivity index (χ3v) is 7.07. The van der Waals surface area contributed by atoms with E-state index in [0.717, 1.165) is 73.8 Å². The van der Waals surface area contributed by atoms with Crippen LogP contribution in [-0.2, 0) is 22.4 Å². The van der Waals surface area contributed by atoms with Crippen LogP contribution in [0.15, 0.2) is 53.5 Å². The number of benzene rings is 2. The van der Waals surface area contributed by atoms with E-state index in [9.17, 15) is 4.39 Å². The Balaban J connectivity index is 1.28. The third-order valence-electron chi connectivity index (χ3n) is 7.07. The molecule has 8 nitrogen and oxygen atoms in total. The molecule has 0 amide bonds. The predicted molar refractivity (Wildman–Crippen MR) is 145 cm³/mol. The lowest BCUT2D eigenvalue weighted by atomic mass is 9.93. The Kier molecular flexibility index (Phi) is 9.87. The van der Waals surface area contributed by atoms with Crippen molar-refractivity contribution < 1.29 is 13.9 Å². The second-order valence-electron chi connectivity index (χ2n) is 9.50. The van der Waals surface area contributed by atoms with E-state index >= 15 is 0 Å². The van der Waals surface area contributed by atoms with Gasteiger partial charge in [-0.3, -0.25) is 4.99 Å². The van der Waals surface area contributed by atoms with Crippen LogP contribution in [-0.4, -0.2) is 80.7 Å². The number of ether oxygens (including phenoxy) is 2. The molecular weight excluding hydrogens is 471 g/mol. The van der Waals surface area contributed by atoms with Gasteiger partial charge in [0.05, 0.1) is 17.6 Å².